The molecule has 1 unspecified atom stereocenters. The quantitative estimate of drug-likeness (QED) is 0.804. The fourth-order valence-corrected chi connectivity index (χ4v) is 2.77. The minimum absolute atomic E-state index is 0.0732. The van der Waals surface area contributed by atoms with Crippen LogP contribution in [-0.2, 0) is 11.2 Å². The Morgan fingerprint density at radius 3 is 2.39 bits per heavy atom. The number of nitrogens with two attached hydrogens (primary N) is 2. The van der Waals surface area contributed by atoms with Crippen LogP contribution >= 0.6 is 0 Å². The lowest BCUT2D eigenvalue weighted by molar-refractivity contribution is 0.398. The Kier molecular flexibility index (Phi) is 5.17. The van der Waals surface area contributed by atoms with Crippen LogP contribution in [0.3, 0.4) is 0 Å². The number of benzene rings is 1. The molecule has 23 heavy (non-hydrogen) atoms. The maximum Gasteiger partial charge on any atom is 0.222 e. The van der Waals surface area contributed by atoms with Gasteiger partial charge < -0.3 is 25.5 Å². The van der Waals surface area contributed by atoms with Gasteiger partial charge in [-0.1, -0.05) is 13.8 Å². The van der Waals surface area contributed by atoms with Crippen molar-refractivity contribution in [3.63, 3.8) is 0 Å². The maximum atomic E-state index is 11.9. The molecule has 1 aromatic heterocycles. The molecule has 0 radical (unpaired) electrons. The van der Waals surface area contributed by atoms with E-state index < -0.39 is 11.2 Å². The van der Waals surface area contributed by atoms with Gasteiger partial charge in [-0.3, -0.25) is 0 Å². The molecule has 124 valence electrons. The van der Waals surface area contributed by atoms with Crippen LogP contribution in [0.2, 0.25) is 0 Å². The molecular formula is C15H20N4O3S. The molecule has 0 spiro atoms. The van der Waals surface area contributed by atoms with Gasteiger partial charge in [-0.2, -0.15) is 4.98 Å². The lowest BCUT2D eigenvalue weighted by atomic mass is 10.0. The molecule has 0 aliphatic rings. The Balaban J connectivity index is 2.52. The normalized spacial score (nSPS) is 12.3. The van der Waals surface area contributed by atoms with Gasteiger partial charge in [-0.25, -0.2) is 4.98 Å². The Bertz CT molecular complexity index is 707. The third kappa shape index (κ3) is 3.77. The van der Waals surface area contributed by atoms with Crippen LogP contribution in [0.1, 0.15) is 25.3 Å². The first-order valence-corrected chi connectivity index (χ1v) is 8.50. The zero-order chi connectivity index (χ0) is 17.1. The zero-order valence-electron chi connectivity index (χ0n) is 13.5. The molecule has 7 nitrogen and oxygen atoms in total. The summed E-state index contributed by atoms with van der Waals surface area (Å²) in [4.78, 5) is 8.29. The van der Waals surface area contributed by atoms with Crippen molar-refractivity contribution in [1.29, 1.82) is 0 Å². The first kappa shape index (κ1) is 17.2. The van der Waals surface area contributed by atoms with Crippen molar-refractivity contribution in [3.8, 4) is 17.2 Å². The molecule has 1 atom stereocenters. The molecule has 4 N–H and O–H groups in total. The smallest absolute Gasteiger partial charge is 0.222 e. The number of hydrogen-bond donors (Lipinski definition) is 2. The molecule has 8 heteroatoms. The van der Waals surface area contributed by atoms with Crippen molar-refractivity contribution in [1.82, 2.24) is 9.97 Å². The molecule has 0 fully saturated rings. The van der Waals surface area contributed by atoms with Crippen molar-refractivity contribution >= 4 is 22.9 Å². The zero-order valence-corrected chi connectivity index (χ0v) is 14.3. The van der Waals surface area contributed by atoms with Crippen LogP contribution in [0, 0.1) is 0 Å². The Labute approximate surface area is 138 Å². The summed E-state index contributed by atoms with van der Waals surface area (Å²) in [5.74, 6) is 1.76. The highest BCUT2D eigenvalue weighted by molar-refractivity contribution is 7.90. The predicted octanol–water partition coefficient (Wildman–Crippen LogP) is 2.30. The summed E-state index contributed by atoms with van der Waals surface area (Å²) in [6, 6.07) is 3.52. The van der Waals surface area contributed by atoms with Crippen molar-refractivity contribution in [2.24, 2.45) is 0 Å². The minimum atomic E-state index is -1.23. The van der Waals surface area contributed by atoms with E-state index in [9.17, 15) is 4.55 Å². The van der Waals surface area contributed by atoms with Crippen LogP contribution in [0.4, 0.5) is 11.8 Å². The van der Waals surface area contributed by atoms with E-state index in [1.54, 1.807) is 19.4 Å². The highest BCUT2D eigenvalue weighted by atomic mass is 32.2. The highest BCUT2D eigenvalue weighted by Gasteiger charge is 2.21. The van der Waals surface area contributed by atoms with E-state index in [1.165, 1.54) is 6.20 Å². The van der Waals surface area contributed by atoms with E-state index in [-0.39, 0.29) is 17.7 Å². The first-order chi connectivity index (χ1) is 10.8. The van der Waals surface area contributed by atoms with Crippen LogP contribution in [0.5, 0.6) is 17.2 Å². The van der Waals surface area contributed by atoms with Gasteiger partial charge in [-0.05, 0) is 23.2 Å². The molecule has 0 amide bonds. The molecule has 0 saturated heterocycles. The summed E-state index contributed by atoms with van der Waals surface area (Å²) in [6.45, 7) is 4.04. The van der Waals surface area contributed by atoms with Crippen LogP contribution in [0.15, 0.2) is 23.2 Å². The standard InChI is InChI=1S/C15H20N4O3S/c1-8(2)9-5-11(21-3)13(23(4)20)6-10(9)22-12-7-18-15(17)19-14(12)16/h5-8H,1-4H3,(H4,16,17,18,19). The number of hydrogen-bond acceptors (Lipinski definition) is 7. The van der Waals surface area contributed by atoms with Crippen LogP contribution in [-0.4, -0.2) is 27.9 Å². The summed E-state index contributed by atoms with van der Waals surface area (Å²) in [7, 11) is 1.54. The number of nitrogen functional groups attached to an aromatic ring is 2. The van der Waals surface area contributed by atoms with E-state index >= 15 is 0 Å². The second-order valence-electron chi connectivity index (χ2n) is 5.23. The molecule has 1 aromatic carbocycles. The van der Waals surface area contributed by atoms with Gasteiger partial charge in [-0.15, -0.1) is 0 Å². The average Bonchev–Trinajstić information content (AvgIpc) is 2.49. The van der Waals surface area contributed by atoms with Gasteiger partial charge in [0.2, 0.25) is 5.95 Å². The lowest BCUT2D eigenvalue weighted by Gasteiger charge is -2.18. The van der Waals surface area contributed by atoms with Gasteiger partial charge in [0.1, 0.15) is 12.0 Å². The number of ether oxygens (including phenoxy) is 2. The molecule has 0 aliphatic carbocycles. The molecule has 0 saturated carbocycles. The Hall–Kier alpha value is -2.19. The third-order valence-electron chi connectivity index (χ3n) is 3.25. The van der Waals surface area contributed by atoms with E-state index in [2.05, 4.69) is 9.97 Å². The summed E-state index contributed by atoms with van der Waals surface area (Å²) < 4.78 is 23.1. The van der Waals surface area contributed by atoms with Crippen molar-refractivity contribution in [3.05, 3.63) is 23.9 Å². The summed E-state index contributed by atoms with van der Waals surface area (Å²) in [6.07, 6.45) is 2.99. The van der Waals surface area contributed by atoms with E-state index in [0.717, 1.165) is 5.56 Å². The number of aromatic nitrogens is 2. The summed E-state index contributed by atoms with van der Waals surface area (Å²) in [5.41, 5.74) is 12.2. The number of rotatable bonds is 5. The fourth-order valence-electron chi connectivity index (χ4n) is 2.08. The predicted molar refractivity (Wildman–Crippen MR) is 90.3 cm³/mol. The van der Waals surface area contributed by atoms with Crippen molar-refractivity contribution < 1.29 is 14.0 Å². The van der Waals surface area contributed by atoms with Gasteiger partial charge in [0.25, 0.3) is 0 Å². The number of methoxy groups -OCH3 is 1. The second-order valence-corrected chi connectivity index (χ2v) is 6.58. The van der Waals surface area contributed by atoms with Crippen LogP contribution in [0.25, 0.3) is 0 Å². The van der Waals surface area contributed by atoms with E-state index in [4.69, 9.17) is 20.9 Å². The molecule has 2 aromatic rings. The molecule has 1 heterocycles. The average molecular weight is 336 g/mol. The SMILES string of the molecule is COc1cc(C(C)C)c(Oc2cnc(N)nc2N)cc1[S+](C)[O-]. The summed E-state index contributed by atoms with van der Waals surface area (Å²) >= 11 is -1.23. The fraction of sp³-hybridized carbons (Fsp3) is 0.333. The molecular weight excluding hydrogens is 316 g/mol. The molecule has 0 aliphatic heterocycles. The number of anilines is 2. The molecule has 2 rings (SSSR count). The van der Waals surface area contributed by atoms with Crippen LogP contribution < -0.4 is 20.9 Å². The van der Waals surface area contributed by atoms with E-state index in [1.807, 2.05) is 19.9 Å². The monoisotopic (exact) mass is 336 g/mol. The van der Waals surface area contributed by atoms with Gasteiger partial charge in [0, 0.05) is 11.6 Å². The van der Waals surface area contributed by atoms with E-state index in [0.29, 0.717) is 22.1 Å². The largest absolute Gasteiger partial charge is 0.612 e. The summed E-state index contributed by atoms with van der Waals surface area (Å²) in [5, 5.41) is 0. The lowest BCUT2D eigenvalue weighted by Crippen LogP contribution is -2.06. The maximum absolute atomic E-state index is 11.9. The second kappa shape index (κ2) is 6.93. The number of nitrogens with zero attached hydrogens (tertiary/aromatic N) is 2. The third-order valence-corrected chi connectivity index (χ3v) is 4.19. The highest BCUT2D eigenvalue weighted by Crippen LogP contribution is 2.38. The first-order valence-electron chi connectivity index (χ1n) is 6.94. The van der Waals surface area contributed by atoms with Crippen molar-refractivity contribution in [2.45, 2.75) is 24.7 Å². The minimum Gasteiger partial charge on any atom is -0.612 e. The van der Waals surface area contributed by atoms with Crippen molar-refractivity contribution in [2.75, 3.05) is 24.8 Å². The Morgan fingerprint density at radius 2 is 1.87 bits per heavy atom. The topological polar surface area (TPSA) is 119 Å². The molecule has 0 bridgehead atoms. The van der Waals surface area contributed by atoms with Gasteiger partial charge in [0.05, 0.1) is 13.3 Å². The van der Waals surface area contributed by atoms with Gasteiger partial charge >= 0.3 is 0 Å². The Morgan fingerprint density at radius 1 is 1.17 bits per heavy atom. The van der Waals surface area contributed by atoms with Gasteiger partial charge in [0.15, 0.2) is 22.2 Å².